The summed E-state index contributed by atoms with van der Waals surface area (Å²) in [6.07, 6.45) is 2.54. The lowest BCUT2D eigenvalue weighted by Gasteiger charge is -2.16. The second-order valence-corrected chi connectivity index (χ2v) is 6.50. The van der Waals surface area contributed by atoms with Crippen molar-refractivity contribution in [2.75, 3.05) is 19.8 Å². The summed E-state index contributed by atoms with van der Waals surface area (Å²) in [7, 11) is 0. The molecule has 1 aromatic rings. The van der Waals surface area contributed by atoms with Crippen molar-refractivity contribution >= 4 is 5.97 Å². The van der Waals surface area contributed by atoms with E-state index < -0.39 is 0 Å². The summed E-state index contributed by atoms with van der Waals surface area (Å²) in [4.78, 5) is 14.9. The van der Waals surface area contributed by atoms with Gasteiger partial charge in [-0.05, 0) is 30.4 Å². The Balaban J connectivity index is 1.37. The van der Waals surface area contributed by atoms with E-state index in [1.807, 2.05) is 30.3 Å². The maximum atomic E-state index is 12.2. The first-order valence-electron chi connectivity index (χ1n) is 8.29. The van der Waals surface area contributed by atoms with E-state index in [-0.39, 0.29) is 17.4 Å². The van der Waals surface area contributed by atoms with Gasteiger partial charge < -0.3 is 14.8 Å². The number of hydrogen-bond donors (Lipinski definition) is 1. The van der Waals surface area contributed by atoms with Crippen LogP contribution in [0.4, 0.5) is 0 Å². The molecule has 1 heterocycles. The van der Waals surface area contributed by atoms with E-state index in [0.29, 0.717) is 32.4 Å². The van der Waals surface area contributed by atoms with E-state index in [9.17, 15) is 4.79 Å². The number of hydrogen-bond acceptors (Lipinski definition) is 5. The number of nitrogens with zero attached hydrogens (tertiary/aromatic N) is 3. The summed E-state index contributed by atoms with van der Waals surface area (Å²) < 4.78 is 11.1. The molecule has 0 amide bonds. The maximum Gasteiger partial charge on any atom is 0.323 e. The molecule has 0 radical (unpaired) electrons. The number of benzene rings is 1. The van der Waals surface area contributed by atoms with Gasteiger partial charge in [0.1, 0.15) is 12.6 Å². The number of esters is 1. The smallest absolute Gasteiger partial charge is 0.323 e. The van der Waals surface area contributed by atoms with Crippen molar-refractivity contribution in [2.24, 2.45) is 10.5 Å². The minimum Gasteiger partial charge on any atom is -0.460 e. The number of ether oxygens (including phenoxy) is 2. The monoisotopic (exact) mass is 330 g/mol. The average molecular weight is 330 g/mol. The van der Waals surface area contributed by atoms with E-state index in [1.54, 1.807) is 0 Å². The molecule has 7 nitrogen and oxygen atoms in total. The van der Waals surface area contributed by atoms with Crippen molar-refractivity contribution in [1.82, 2.24) is 5.32 Å². The van der Waals surface area contributed by atoms with Gasteiger partial charge in [0.25, 0.3) is 0 Å². The van der Waals surface area contributed by atoms with Crippen molar-refractivity contribution in [3.8, 4) is 0 Å². The average Bonchev–Trinajstić information content (AvgIpc) is 3.16. The van der Waals surface area contributed by atoms with E-state index >= 15 is 0 Å². The Morgan fingerprint density at radius 2 is 2.21 bits per heavy atom. The summed E-state index contributed by atoms with van der Waals surface area (Å²) in [5, 5.41) is 6.82. The number of fused-ring (bicyclic) bond motifs is 1. The van der Waals surface area contributed by atoms with Crippen LogP contribution < -0.4 is 5.32 Å². The molecule has 0 aromatic heterocycles. The van der Waals surface area contributed by atoms with Crippen LogP contribution in [0.15, 0.2) is 35.4 Å². The summed E-state index contributed by atoms with van der Waals surface area (Å²) in [6, 6.07) is 9.80. The lowest BCUT2D eigenvalue weighted by molar-refractivity contribution is -0.147. The van der Waals surface area contributed by atoms with Crippen LogP contribution in [-0.2, 0) is 20.9 Å². The van der Waals surface area contributed by atoms with Gasteiger partial charge in [0, 0.05) is 29.5 Å². The van der Waals surface area contributed by atoms with Gasteiger partial charge in [0.05, 0.1) is 6.61 Å². The Morgan fingerprint density at radius 3 is 3.00 bits per heavy atom. The second-order valence-electron chi connectivity index (χ2n) is 6.50. The zero-order chi connectivity index (χ0) is 16.8. The number of carbonyl (C=O) groups excluding carboxylic acids is 1. The van der Waals surface area contributed by atoms with Gasteiger partial charge >= 0.3 is 5.97 Å². The maximum absolute atomic E-state index is 12.2. The Bertz CT molecular complexity index is 618. The molecule has 0 unspecified atom stereocenters. The lowest BCUT2D eigenvalue weighted by Crippen LogP contribution is -2.35. The van der Waals surface area contributed by atoms with Crippen LogP contribution in [0.25, 0.3) is 10.4 Å². The SMILES string of the molecule is [N-]=[N+]=NCCCOC[C@]12C[C@@H](C(=O)OCc3ccccc3)N[C@H]1C2. The van der Waals surface area contributed by atoms with Crippen LogP contribution in [0.3, 0.4) is 0 Å². The third-order valence-electron chi connectivity index (χ3n) is 4.71. The van der Waals surface area contributed by atoms with Gasteiger partial charge in [-0.15, -0.1) is 0 Å². The molecule has 128 valence electrons. The van der Waals surface area contributed by atoms with Crippen LogP contribution in [0.5, 0.6) is 0 Å². The lowest BCUT2D eigenvalue weighted by atomic mass is 10.0. The van der Waals surface area contributed by atoms with Gasteiger partial charge in [0.15, 0.2) is 0 Å². The Hall–Kier alpha value is -2.08. The highest BCUT2D eigenvalue weighted by molar-refractivity contribution is 5.77. The summed E-state index contributed by atoms with van der Waals surface area (Å²) >= 11 is 0. The first kappa shape index (κ1) is 16.8. The summed E-state index contributed by atoms with van der Waals surface area (Å²) in [6.45, 7) is 1.99. The van der Waals surface area contributed by atoms with Crippen molar-refractivity contribution in [3.63, 3.8) is 0 Å². The molecule has 7 heteroatoms. The molecular formula is C17H22N4O3. The van der Waals surface area contributed by atoms with Crippen LogP contribution in [0, 0.1) is 5.41 Å². The minimum atomic E-state index is -0.237. The van der Waals surface area contributed by atoms with Crippen molar-refractivity contribution in [2.45, 2.75) is 38.0 Å². The predicted octanol–water partition coefficient (Wildman–Crippen LogP) is 2.57. The molecule has 2 aliphatic rings. The Labute approximate surface area is 141 Å². The molecule has 1 N–H and O–H groups in total. The molecule has 1 aromatic carbocycles. The van der Waals surface area contributed by atoms with Crippen molar-refractivity contribution in [3.05, 3.63) is 46.3 Å². The topological polar surface area (TPSA) is 96.3 Å². The number of carbonyl (C=O) groups is 1. The number of piperidine rings is 1. The van der Waals surface area contributed by atoms with Gasteiger partial charge in [-0.1, -0.05) is 35.4 Å². The normalized spacial score (nSPS) is 27.2. The first-order valence-corrected chi connectivity index (χ1v) is 8.29. The van der Waals surface area contributed by atoms with Gasteiger partial charge in [-0.2, -0.15) is 0 Å². The van der Waals surface area contributed by atoms with Crippen LogP contribution in [0.1, 0.15) is 24.8 Å². The predicted molar refractivity (Wildman–Crippen MR) is 88.1 cm³/mol. The fourth-order valence-corrected chi connectivity index (χ4v) is 3.27. The van der Waals surface area contributed by atoms with E-state index in [4.69, 9.17) is 15.0 Å². The molecule has 2 fully saturated rings. The first-order chi connectivity index (χ1) is 11.7. The highest BCUT2D eigenvalue weighted by Gasteiger charge is 2.61. The quantitative estimate of drug-likeness (QED) is 0.247. The second kappa shape index (κ2) is 7.66. The summed E-state index contributed by atoms with van der Waals surface area (Å²) in [5.41, 5.74) is 9.28. The van der Waals surface area contributed by atoms with Gasteiger partial charge in [0.2, 0.25) is 0 Å². The molecule has 0 bridgehead atoms. The Kier molecular flexibility index (Phi) is 5.35. The molecule has 0 spiro atoms. The minimum absolute atomic E-state index is 0.0783. The van der Waals surface area contributed by atoms with Gasteiger partial charge in [-0.25, -0.2) is 0 Å². The number of azide groups is 1. The van der Waals surface area contributed by atoms with E-state index in [1.165, 1.54) is 0 Å². The van der Waals surface area contributed by atoms with Crippen LogP contribution in [0.2, 0.25) is 0 Å². The standard InChI is InChI=1S/C17H22N4O3/c18-21-19-7-4-8-23-12-17-9-14(20-15(17)10-17)16(22)24-11-13-5-2-1-3-6-13/h1-3,5-6,14-15,20H,4,7-12H2/t14-,15-,17+/m0/s1. The third kappa shape index (κ3) is 4.06. The Morgan fingerprint density at radius 1 is 1.38 bits per heavy atom. The molecule has 1 saturated heterocycles. The fraction of sp³-hybridized carbons (Fsp3) is 0.588. The zero-order valence-corrected chi connectivity index (χ0v) is 13.6. The third-order valence-corrected chi connectivity index (χ3v) is 4.71. The largest absolute Gasteiger partial charge is 0.460 e. The molecule has 1 aliphatic carbocycles. The highest BCUT2D eigenvalue weighted by Crippen LogP contribution is 2.54. The molecule has 1 saturated carbocycles. The van der Waals surface area contributed by atoms with Gasteiger partial charge in [-0.3, -0.25) is 4.79 Å². The molecule has 3 rings (SSSR count). The molecule has 3 atom stereocenters. The van der Waals surface area contributed by atoms with Crippen LogP contribution in [-0.4, -0.2) is 37.8 Å². The molecule has 1 aliphatic heterocycles. The molecule has 24 heavy (non-hydrogen) atoms. The van der Waals surface area contributed by atoms with Crippen LogP contribution >= 0.6 is 0 Å². The zero-order valence-electron chi connectivity index (χ0n) is 13.6. The van der Waals surface area contributed by atoms with Crippen molar-refractivity contribution < 1.29 is 14.3 Å². The summed E-state index contributed by atoms with van der Waals surface area (Å²) in [5.74, 6) is -0.186. The van der Waals surface area contributed by atoms with E-state index in [2.05, 4.69) is 15.3 Å². The molecular weight excluding hydrogens is 308 g/mol. The highest BCUT2D eigenvalue weighted by atomic mass is 16.5. The fourth-order valence-electron chi connectivity index (χ4n) is 3.27. The van der Waals surface area contributed by atoms with E-state index in [0.717, 1.165) is 24.8 Å². The number of nitrogens with one attached hydrogen (secondary N) is 1. The van der Waals surface area contributed by atoms with Crippen molar-refractivity contribution in [1.29, 1.82) is 0 Å². The number of rotatable bonds is 9.